The van der Waals surface area contributed by atoms with Crippen LogP contribution in [0, 0.1) is 0 Å². The number of hydrogen-bond acceptors (Lipinski definition) is 4. The predicted molar refractivity (Wildman–Crippen MR) is 77.0 cm³/mol. The third kappa shape index (κ3) is 3.23. The Kier molecular flexibility index (Phi) is 4.45. The highest BCUT2D eigenvalue weighted by atomic mass is 32.2. The molecule has 1 atom stereocenters. The molecule has 0 amide bonds. The minimum absolute atomic E-state index is 0.250. The van der Waals surface area contributed by atoms with E-state index >= 15 is 0 Å². The summed E-state index contributed by atoms with van der Waals surface area (Å²) in [5.41, 5.74) is 4.17. The zero-order valence-electron chi connectivity index (χ0n) is 10.0. The maximum absolute atomic E-state index is 4.34. The van der Waals surface area contributed by atoms with E-state index in [1.807, 2.05) is 17.3 Å². The lowest BCUT2D eigenvalue weighted by Crippen LogP contribution is -2.07. The summed E-state index contributed by atoms with van der Waals surface area (Å²) in [7, 11) is 0. The van der Waals surface area contributed by atoms with Crippen LogP contribution in [-0.2, 0) is 0 Å². The minimum atomic E-state index is 0.250. The van der Waals surface area contributed by atoms with E-state index in [-0.39, 0.29) is 6.04 Å². The van der Waals surface area contributed by atoms with Gasteiger partial charge in [-0.05, 0) is 24.8 Å². The van der Waals surface area contributed by atoms with Crippen LogP contribution in [0.1, 0.15) is 25.6 Å². The Hall–Kier alpha value is -1.00. The van der Waals surface area contributed by atoms with E-state index in [0.717, 1.165) is 11.4 Å². The van der Waals surface area contributed by atoms with Gasteiger partial charge in [0.1, 0.15) is 0 Å². The number of anilines is 1. The van der Waals surface area contributed by atoms with E-state index in [9.17, 15) is 0 Å². The average Bonchev–Trinajstić information content (AvgIpc) is 2.85. The van der Waals surface area contributed by atoms with Crippen LogP contribution in [0.15, 0.2) is 40.1 Å². The number of aromatic nitrogens is 1. The lowest BCUT2D eigenvalue weighted by Gasteiger charge is -2.16. The van der Waals surface area contributed by atoms with Crippen LogP contribution in [0.25, 0.3) is 0 Å². The molecule has 2 rings (SSSR count). The minimum Gasteiger partial charge on any atom is -0.376 e. The van der Waals surface area contributed by atoms with Gasteiger partial charge >= 0.3 is 0 Å². The second kappa shape index (κ2) is 6.07. The van der Waals surface area contributed by atoms with E-state index in [1.54, 1.807) is 11.3 Å². The van der Waals surface area contributed by atoms with Crippen LogP contribution in [0.3, 0.4) is 0 Å². The summed E-state index contributed by atoms with van der Waals surface area (Å²) in [6.45, 7) is 4.31. The van der Waals surface area contributed by atoms with Gasteiger partial charge in [0.25, 0.3) is 0 Å². The Labute approximate surface area is 110 Å². The third-order valence-electron chi connectivity index (χ3n) is 2.45. The van der Waals surface area contributed by atoms with Crippen molar-refractivity contribution in [2.75, 3.05) is 11.1 Å². The predicted octanol–water partition coefficient (Wildman–Crippen LogP) is 4.43. The average molecular weight is 264 g/mol. The SMILES string of the molecule is CCSc1ccccc1NC(C)c1cscn1. The van der Waals surface area contributed by atoms with Crippen molar-refractivity contribution in [3.8, 4) is 0 Å². The van der Waals surface area contributed by atoms with E-state index in [0.29, 0.717) is 0 Å². The van der Waals surface area contributed by atoms with Crippen molar-refractivity contribution >= 4 is 28.8 Å². The standard InChI is InChI=1S/C13H16N2S2/c1-3-17-13-7-5-4-6-11(13)15-10(2)12-8-16-9-14-12/h4-10,15H,3H2,1-2H3. The number of hydrogen-bond donors (Lipinski definition) is 1. The van der Waals surface area contributed by atoms with Gasteiger partial charge < -0.3 is 5.32 Å². The van der Waals surface area contributed by atoms with E-state index < -0.39 is 0 Å². The Bertz CT molecular complexity index is 454. The Morgan fingerprint density at radius 1 is 1.41 bits per heavy atom. The van der Waals surface area contributed by atoms with Crippen LogP contribution in [0.2, 0.25) is 0 Å². The van der Waals surface area contributed by atoms with Crippen molar-refractivity contribution in [1.29, 1.82) is 0 Å². The van der Waals surface area contributed by atoms with Crippen LogP contribution in [0.5, 0.6) is 0 Å². The lowest BCUT2D eigenvalue weighted by atomic mass is 10.2. The molecule has 17 heavy (non-hydrogen) atoms. The second-order valence-corrected chi connectivity index (χ2v) is 5.73. The number of para-hydroxylation sites is 1. The molecule has 0 aliphatic carbocycles. The number of benzene rings is 1. The topological polar surface area (TPSA) is 24.9 Å². The molecule has 0 aliphatic rings. The fourth-order valence-corrected chi connectivity index (χ4v) is 3.03. The van der Waals surface area contributed by atoms with Gasteiger partial charge in [-0.2, -0.15) is 0 Å². The first kappa shape index (κ1) is 12.5. The van der Waals surface area contributed by atoms with Crippen LogP contribution in [-0.4, -0.2) is 10.7 Å². The molecule has 0 spiro atoms. The summed E-state index contributed by atoms with van der Waals surface area (Å²) in [4.78, 5) is 5.64. The summed E-state index contributed by atoms with van der Waals surface area (Å²) in [6.07, 6.45) is 0. The quantitative estimate of drug-likeness (QED) is 0.809. The molecule has 0 fully saturated rings. The molecule has 0 saturated heterocycles. The van der Waals surface area contributed by atoms with Crippen LogP contribution >= 0.6 is 23.1 Å². The van der Waals surface area contributed by atoms with Crippen LogP contribution in [0.4, 0.5) is 5.69 Å². The molecule has 0 radical (unpaired) electrons. The molecule has 1 N–H and O–H groups in total. The van der Waals surface area contributed by atoms with Gasteiger partial charge in [-0.3, -0.25) is 0 Å². The highest BCUT2D eigenvalue weighted by Crippen LogP contribution is 2.29. The zero-order chi connectivity index (χ0) is 12.1. The molecule has 4 heteroatoms. The van der Waals surface area contributed by atoms with Crippen molar-refractivity contribution in [1.82, 2.24) is 4.98 Å². The molecule has 1 heterocycles. The van der Waals surface area contributed by atoms with E-state index in [1.165, 1.54) is 10.6 Å². The maximum Gasteiger partial charge on any atom is 0.0795 e. The van der Waals surface area contributed by atoms with Gasteiger partial charge in [-0.1, -0.05) is 19.1 Å². The highest BCUT2D eigenvalue weighted by Gasteiger charge is 2.09. The molecule has 0 aliphatic heterocycles. The molecule has 0 bridgehead atoms. The fraction of sp³-hybridized carbons (Fsp3) is 0.308. The van der Waals surface area contributed by atoms with Gasteiger partial charge in [0.05, 0.1) is 17.2 Å². The number of nitrogens with one attached hydrogen (secondary N) is 1. The molecule has 1 aromatic heterocycles. The zero-order valence-corrected chi connectivity index (χ0v) is 11.6. The molecule has 90 valence electrons. The molecule has 0 saturated carbocycles. The number of nitrogens with zero attached hydrogens (tertiary/aromatic N) is 1. The third-order valence-corrected chi connectivity index (χ3v) is 4.01. The van der Waals surface area contributed by atoms with Gasteiger partial charge in [-0.15, -0.1) is 23.1 Å². The van der Waals surface area contributed by atoms with Gasteiger partial charge in [0.2, 0.25) is 0 Å². The number of thiazole rings is 1. The number of thioether (sulfide) groups is 1. The Morgan fingerprint density at radius 3 is 2.94 bits per heavy atom. The Balaban J connectivity index is 2.12. The van der Waals surface area contributed by atoms with Crippen molar-refractivity contribution in [2.45, 2.75) is 24.8 Å². The van der Waals surface area contributed by atoms with E-state index in [4.69, 9.17) is 0 Å². The summed E-state index contributed by atoms with van der Waals surface area (Å²) in [5.74, 6) is 1.09. The Morgan fingerprint density at radius 2 is 2.24 bits per heavy atom. The normalized spacial score (nSPS) is 12.4. The van der Waals surface area contributed by atoms with Crippen molar-refractivity contribution in [3.63, 3.8) is 0 Å². The molecular weight excluding hydrogens is 248 g/mol. The fourth-order valence-electron chi connectivity index (χ4n) is 1.61. The smallest absolute Gasteiger partial charge is 0.0795 e. The molecule has 1 unspecified atom stereocenters. The molecule has 2 nitrogen and oxygen atoms in total. The summed E-state index contributed by atoms with van der Waals surface area (Å²) < 4.78 is 0. The molecular formula is C13H16N2S2. The summed E-state index contributed by atoms with van der Waals surface area (Å²) in [5, 5.41) is 5.61. The highest BCUT2D eigenvalue weighted by molar-refractivity contribution is 7.99. The van der Waals surface area contributed by atoms with Gasteiger partial charge in [0, 0.05) is 16.0 Å². The summed E-state index contributed by atoms with van der Waals surface area (Å²) >= 11 is 3.50. The van der Waals surface area contributed by atoms with Crippen molar-refractivity contribution < 1.29 is 0 Å². The molecule has 2 aromatic rings. The first-order valence-electron chi connectivity index (χ1n) is 5.67. The van der Waals surface area contributed by atoms with Crippen LogP contribution < -0.4 is 5.32 Å². The lowest BCUT2D eigenvalue weighted by molar-refractivity contribution is 0.846. The van der Waals surface area contributed by atoms with Crippen molar-refractivity contribution in [3.05, 3.63) is 40.8 Å². The van der Waals surface area contributed by atoms with Gasteiger partial charge in [-0.25, -0.2) is 4.98 Å². The summed E-state index contributed by atoms with van der Waals surface area (Å²) in [6, 6.07) is 8.68. The number of rotatable bonds is 5. The van der Waals surface area contributed by atoms with Gasteiger partial charge in [0.15, 0.2) is 0 Å². The second-order valence-electron chi connectivity index (χ2n) is 3.71. The van der Waals surface area contributed by atoms with Crippen molar-refractivity contribution in [2.24, 2.45) is 0 Å². The van der Waals surface area contributed by atoms with E-state index in [2.05, 4.69) is 53.8 Å². The monoisotopic (exact) mass is 264 g/mol. The first-order chi connectivity index (χ1) is 8.31. The largest absolute Gasteiger partial charge is 0.376 e. The first-order valence-corrected chi connectivity index (χ1v) is 7.60. The maximum atomic E-state index is 4.34. The molecule has 1 aromatic carbocycles.